The van der Waals surface area contributed by atoms with Crippen LogP contribution in [-0.4, -0.2) is 53.3 Å². The first-order chi connectivity index (χ1) is 12.9. The Bertz CT molecular complexity index is 546. The Balaban J connectivity index is 1.65. The normalized spacial score (nSPS) is 29.9. The van der Waals surface area contributed by atoms with Crippen LogP contribution in [0, 0.1) is 5.92 Å². The molecular formula is C18H29BF3N3OS. The van der Waals surface area contributed by atoms with Gasteiger partial charge in [0.1, 0.15) is 7.28 Å². The minimum Gasteiger partial charge on any atom is -0.319 e. The van der Waals surface area contributed by atoms with Crippen LogP contribution in [0.25, 0.3) is 0 Å². The van der Waals surface area contributed by atoms with Crippen LogP contribution in [0.15, 0.2) is 4.99 Å². The number of alkyl halides is 3. The molecule has 0 spiro atoms. The summed E-state index contributed by atoms with van der Waals surface area (Å²) in [6, 6.07) is -0.124. The van der Waals surface area contributed by atoms with Gasteiger partial charge < -0.3 is 4.90 Å². The number of hydrogen-bond donors (Lipinski definition) is 1. The number of hydrogen-bond acceptors (Lipinski definition) is 3. The van der Waals surface area contributed by atoms with E-state index in [4.69, 9.17) is 0 Å². The van der Waals surface area contributed by atoms with E-state index in [9.17, 15) is 18.0 Å². The number of urea groups is 1. The van der Waals surface area contributed by atoms with Crippen LogP contribution in [0.4, 0.5) is 18.0 Å². The lowest BCUT2D eigenvalue weighted by Gasteiger charge is -2.43. The smallest absolute Gasteiger partial charge is 0.319 e. The van der Waals surface area contributed by atoms with Crippen LogP contribution in [0.2, 0.25) is 6.82 Å². The van der Waals surface area contributed by atoms with Gasteiger partial charge in [0, 0.05) is 23.8 Å². The van der Waals surface area contributed by atoms with Gasteiger partial charge in [0.25, 0.3) is 0 Å². The first-order valence-corrected chi connectivity index (χ1v) is 11.1. The molecule has 2 saturated carbocycles. The fourth-order valence-electron chi connectivity index (χ4n) is 4.52. The molecule has 2 amide bonds. The average molecular weight is 403 g/mol. The number of rotatable bonds is 3. The molecule has 0 bridgehead atoms. The van der Waals surface area contributed by atoms with E-state index in [2.05, 4.69) is 17.1 Å². The van der Waals surface area contributed by atoms with Gasteiger partial charge in [-0.2, -0.15) is 13.2 Å². The third-order valence-corrected chi connectivity index (χ3v) is 7.41. The van der Waals surface area contributed by atoms with Crippen LogP contribution in [0.5, 0.6) is 0 Å². The molecular weight excluding hydrogens is 374 g/mol. The van der Waals surface area contributed by atoms with Gasteiger partial charge >= 0.3 is 12.2 Å². The van der Waals surface area contributed by atoms with Crippen molar-refractivity contribution in [1.29, 1.82) is 0 Å². The van der Waals surface area contributed by atoms with Crippen molar-refractivity contribution in [1.82, 2.24) is 10.2 Å². The summed E-state index contributed by atoms with van der Waals surface area (Å²) in [5, 5.41) is 4.03. The topological polar surface area (TPSA) is 44.7 Å². The van der Waals surface area contributed by atoms with Gasteiger partial charge in [-0.1, -0.05) is 37.8 Å². The maximum absolute atomic E-state index is 13.1. The zero-order valence-electron chi connectivity index (χ0n) is 15.9. The third-order valence-electron chi connectivity index (χ3n) is 6.14. The fraction of sp³-hybridized carbons (Fsp3) is 0.889. The zero-order valence-corrected chi connectivity index (χ0v) is 16.7. The standard InChI is InChI=1S/C18H29BF3N3OS/c1-19-15-11-23-16(27-15)24-17(26)25(13-5-3-2-4-6-13)14-9-7-12(8-10-14)18(20,21)22/h12-15,19H,2-11H2,1H3,(H,23,24,26). The zero-order chi connectivity index (χ0) is 19.4. The molecule has 1 N–H and O–H groups in total. The highest BCUT2D eigenvalue weighted by Gasteiger charge is 2.44. The Morgan fingerprint density at radius 2 is 1.74 bits per heavy atom. The molecule has 2 aliphatic carbocycles. The quantitative estimate of drug-likeness (QED) is 0.712. The predicted octanol–water partition coefficient (Wildman–Crippen LogP) is 4.37. The first-order valence-electron chi connectivity index (χ1n) is 10.3. The molecule has 0 saturated heterocycles. The molecule has 9 heteroatoms. The Labute approximate surface area is 164 Å². The number of thioether (sulfide) groups is 1. The summed E-state index contributed by atoms with van der Waals surface area (Å²) < 4.78 is 39.0. The summed E-state index contributed by atoms with van der Waals surface area (Å²) in [4.78, 5) is 19.4. The number of amides is 2. The molecule has 152 valence electrons. The van der Waals surface area contributed by atoms with Crippen molar-refractivity contribution in [2.75, 3.05) is 6.54 Å². The van der Waals surface area contributed by atoms with Crippen LogP contribution >= 0.6 is 11.8 Å². The van der Waals surface area contributed by atoms with Gasteiger partial charge in [0.15, 0.2) is 5.17 Å². The van der Waals surface area contributed by atoms with Gasteiger partial charge in [0.05, 0.1) is 5.92 Å². The largest absolute Gasteiger partial charge is 0.391 e. The summed E-state index contributed by atoms with van der Waals surface area (Å²) in [5.41, 5.74) is 0. The number of carbonyl (C=O) groups excluding carboxylic acids is 1. The van der Waals surface area contributed by atoms with Crippen LogP contribution in [0.1, 0.15) is 57.8 Å². The van der Waals surface area contributed by atoms with Crippen molar-refractivity contribution in [3.8, 4) is 0 Å². The van der Waals surface area contributed by atoms with Crippen molar-refractivity contribution in [3.05, 3.63) is 0 Å². The monoisotopic (exact) mass is 403 g/mol. The van der Waals surface area contributed by atoms with E-state index in [0.717, 1.165) is 39.5 Å². The number of halogens is 3. The molecule has 3 rings (SSSR count). The molecule has 27 heavy (non-hydrogen) atoms. The minimum absolute atomic E-state index is 0.0966. The minimum atomic E-state index is -4.12. The lowest BCUT2D eigenvalue weighted by atomic mass is 9.77. The van der Waals surface area contributed by atoms with Crippen molar-refractivity contribution >= 4 is 30.2 Å². The van der Waals surface area contributed by atoms with Crippen LogP contribution in [0.3, 0.4) is 0 Å². The summed E-state index contributed by atoms with van der Waals surface area (Å²) in [7, 11) is 1.00. The molecule has 4 nitrogen and oxygen atoms in total. The van der Waals surface area contributed by atoms with E-state index in [-0.39, 0.29) is 31.0 Å². The van der Waals surface area contributed by atoms with Gasteiger partial charge in [-0.3, -0.25) is 10.3 Å². The lowest BCUT2D eigenvalue weighted by molar-refractivity contribution is -0.184. The maximum atomic E-state index is 13.1. The van der Waals surface area contributed by atoms with Gasteiger partial charge in [-0.15, -0.1) is 0 Å². The summed E-state index contributed by atoms with van der Waals surface area (Å²) >= 11 is 1.60. The maximum Gasteiger partial charge on any atom is 0.391 e. The second-order valence-electron chi connectivity index (χ2n) is 7.97. The number of aliphatic imine (C=N–C) groups is 1. The molecule has 0 aromatic heterocycles. The van der Waals surface area contributed by atoms with E-state index >= 15 is 0 Å². The SMILES string of the molecule is CBC1CN=C(NC(=O)N(C2CCCCC2)C2CCC(C(F)(F)F)CC2)S1. The van der Waals surface area contributed by atoms with Gasteiger partial charge in [-0.05, 0) is 38.5 Å². The Hall–Kier alpha value is -0.855. The van der Waals surface area contributed by atoms with Crippen LogP contribution in [-0.2, 0) is 0 Å². The van der Waals surface area contributed by atoms with Gasteiger partial charge in [0.2, 0.25) is 0 Å². The Kier molecular flexibility index (Phi) is 7.03. The highest BCUT2D eigenvalue weighted by molar-refractivity contribution is 8.15. The number of nitrogens with one attached hydrogen (secondary N) is 1. The number of amidine groups is 1. The molecule has 1 atom stereocenters. The summed E-state index contributed by atoms with van der Waals surface area (Å²) in [5.74, 6) is -1.22. The highest BCUT2D eigenvalue weighted by Crippen LogP contribution is 2.40. The summed E-state index contributed by atoms with van der Waals surface area (Å²) in [6.45, 7) is 2.82. The van der Waals surface area contributed by atoms with Gasteiger partial charge in [-0.25, -0.2) is 4.79 Å². The number of carbonyl (C=O) groups is 1. The predicted molar refractivity (Wildman–Crippen MR) is 106 cm³/mol. The molecule has 1 heterocycles. The van der Waals surface area contributed by atoms with E-state index in [1.165, 1.54) is 6.42 Å². The van der Waals surface area contributed by atoms with Crippen molar-refractivity contribution in [2.45, 2.75) is 88.0 Å². The first kappa shape index (κ1) is 20.9. The van der Waals surface area contributed by atoms with Crippen LogP contribution < -0.4 is 5.32 Å². The molecule has 1 aliphatic heterocycles. The van der Waals surface area contributed by atoms with E-state index in [0.29, 0.717) is 23.2 Å². The molecule has 0 aromatic rings. The Morgan fingerprint density at radius 3 is 2.30 bits per heavy atom. The summed E-state index contributed by atoms with van der Waals surface area (Å²) in [6.07, 6.45) is 2.24. The van der Waals surface area contributed by atoms with Crippen molar-refractivity contribution in [3.63, 3.8) is 0 Å². The number of nitrogens with zero attached hydrogens (tertiary/aromatic N) is 2. The average Bonchev–Trinajstić information content (AvgIpc) is 3.10. The van der Waals surface area contributed by atoms with E-state index < -0.39 is 12.1 Å². The Morgan fingerprint density at radius 1 is 1.11 bits per heavy atom. The van der Waals surface area contributed by atoms with Crippen molar-refractivity contribution < 1.29 is 18.0 Å². The third kappa shape index (κ3) is 5.36. The van der Waals surface area contributed by atoms with E-state index in [1.54, 1.807) is 11.8 Å². The molecule has 0 radical (unpaired) electrons. The van der Waals surface area contributed by atoms with Crippen molar-refractivity contribution in [2.24, 2.45) is 10.9 Å². The lowest BCUT2D eigenvalue weighted by Crippen LogP contribution is -2.54. The molecule has 0 aromatic carbocycles. The van der Waals surface area contributed by atoms with E-state index in [1.807, 2.05) is 4.90 Å². The molecule has 3 aliphatic rings. The molecule has 2 fully saturated rings. The second-order valence-corrected chi connectivity index (χ2v) is 9.26. The second kappa shape index (κ2) is 9.10. The molecule has 1 unspecified atom stereocenters. The fourth-order valence-corrected chi connectivity index (χ4v) is 5.45. The highest BCUT2D eigenvalue weighted by atomic mass is 32.2.